The topological polar surface area (TPSA) is 75.6 Å². The van der Waals surface area contributed by atoms with Crippen LogP contribution >= 0.6 is 11.6 Å². The summed E-state index contributed by atoms with van der Waals surface area (Å²) >= 11 is 5.86. The molecule has 0 aliphatic carbocycles. The summed E-state index contributed by atoms with van der Waals surface area (Å²) < 4.78 is 4.95. The van der Waals surface area contributed by atoms with Crippen LogP contribution in [0.5, 0.6) is 5.75 Å². The van der Waals surface area contributed by atoms with Crippen molar-refractivity contribution in [3.8, 4) is 5.75 Å². The smallest absolute Gasteiger partial charge is 0.315 e. The molecule has 5 nitrogen and oxygen atoms in total. The summed E-state index contributed by atoms with van der Waals surface area (Å²) in [5, 5.41) is 11.5. The van der Waals surface area contributed by atoms with E-state index < -0.39 is 17.8 Å². The van der Waals surface area contributed by atoms with Gasteiger partial charge >= 0.3 is 5.97 Å². The minimum absolute atomic E-state index is 0.341. The summed E-state index contributed by atoms with van der Waals surface area (Å²) in [5.74, 6) is -2.41. The highest BCUT2D eigenvalue weighted by Gasteiger charge is 2.20. The van der Waals surface area contributed by atoms with E-state index in [4.69, 9.17) is 21.4 Å². The molecule has 2 N–H and O–H groups in total. The number of methoxy groups -OCH3 is 1. The molecule has 1 unspecified atom stereocenters. The van der Waals surface area contributed by atoms with Crippen molar-refractivity contribution >= 4 is 29.2 Å². The molecule has 92 valence electrons. The van der Waals surface area contributed by atoms with E-state index in [-0.39, 0.29) is 0 Å². The molecule has 1 rings (SSSR count). The van der Waals surface area contributed by atoms with Crippen LogP contribution in [0.2, 0.25) is 5.02 Å². The van der Waals surface area contributed by atoms with Crippen LogP contribution < -0.4 is 10.1 Å². The van der Waals surface area contributed by atoms with Crippen molar-refractivity contribution in [2.45, 2.75) is 6.92 Å². The zero-order valence-electron chi connectivity index (χ0n) is 9.36. The van der Waals surface area contributed by atoms with Gasteiger partial charge in [0.15, 0.2) is 0 Å². The number of hydrogen-bond donors (Lipinski definition) is 2. The molecule has 0 aliphatic heterocycles. The van der Waals surface area contributed by atoms with Crippen LogP contribution in [-0.2, 0) is 9.59 Å². The maximum Gasteiger partial charge on any atom is 0.315 e. The lowest BCUT2D eigenvalue weighted by Gasteiger charge is -2.09. The van der Waals surface area contributed by atoms with Crippen LogP contribution in [0.15, 0.2) is 18.2 Å². The Morgan fingerprint density at radius 1 is 1.47 bits per heavy atom. The number of carbonyl (C=O) groups excluding carboxylic acids is 1. The summed E-state index contributed by atoms with van der Waals surface area (Å²) in [5.41, 5.74) is 0.425. The van der Waals surface area contributed by atoms with E-state index in [1.165, 1.54) is 20.1 Å². The van der Waals surface area contributed by atoms with Gasteiger partial charge in [0.2, 0.25) is 5.91 Å². The van der Waals surface area contributed by atoms with Crippen molar-refractivity contribution in [1.82, 2.24) is 0 Å². The maximum atomic E-state index is 11.5. The minimum atomic E-state index is -1.18. The molecule has 0 spiro atoms. The number of hydrogen-bond acceptors (Lipinski definition) is 3. The number of carboxylic acids is 1. The first kappa shape index (κ1) is 13.3. The Kier molecular flexibility index (Phi) is 4.34. The molecule has 0 bridgehead atoms. The van der Waals surface area contributed by atoms with Crippen molar-refractivity contribution in [2.24, 2.45) is 5.92 Å². The number of nitrogens with one attached hydrogen (secondary N) is 1. The first-order valence-corrected chi connectivity index (χ1v) is 5.20. The van der Waals surface area contributed by atoms with Gasteiger partial charge in [-0.3, -0.25) is 9.59 Å². The number of carboxylic acid groups (broad SMARTS) is 1. The fourth-order valence-corrected chi connectivity index (χ4v) is 1.36. The normalized spacial score (nSPS) is 11.7. The molecule has 0 radical (unpaired) electrons. The Morgan fingerprint density at radius 3 is 2.59 bits per heavy atom. The first-order chi connectivity index (χ1) is 7.95. The van der Waals surface area contributed by atoms with Crippen LogP contribution in [0.25, 0.3) is 0 Å². The van der Waals surface area contributed by atoms with Gasteiger partial charge in [-0.25, -0.2) is 0 Å². The van der Waals surface area contributed by atoms with Crippen LogP contribution in [0.3, 0.4) is 0 Å². The summed E-state index contributed by atoms with van der Waals surface area (Å²) in [4.78, 5) is 22.0. The summed E-state index contributed by atoms with van der Waals surface area (Å²) in [6.07, 6.45) is 0. The molecule has 1 aromatic rings. The monoisotopic (exact) mass is 257 g/mol. The molecule has 0 aromatic heterocycles. The highest BCUT2D eigenvalue weighted by atomic mass is 35.5. The minimum Gasteiger partial charge on any atom is -0.495 e. The van der Waals surface area contributed by atoms with Gasteiger partial charge in [-0.15, -0.1) is 0 Å². The summed E-state index contributed by atoms with van der Waals surface area (Å²) in [6.45, 7) is 1.31. The van der Waals surface area contributed by atoms with Crippen LogP contribution in [0, 0.1) is 5.92 Å². The highest BCUT2D eigenvalue weighted by molar-refractivity contribution is 6.32. The second-order valence-electron chi connectivity index (χ2n) is 3.40. The lowest BCUT2D eigenvalue weighted by atomic mass is 10.1. The van der Waals surface area contributed by atoms with Gasteiger partial charge in [0, 0.05) is 5.69 Å². The molecule has 0 saturated carbocycles. The molecular weight excluding hydrogens is 246 g/mol. The number of amides is 1. The number of ether oxygens (including phenoxy) is 1. The Hall–Kier alpha value is -1.75. The second-order valence-corrected chi connectivity index (χ2v) is 3.81. The number of carbonyl (C=O) groups is 2. The number of anilines is 1. The summed E-state index contributed by atoms with van der Waals surface area (Å²) in [7, 11) is 1.48. The molecule has 0 heterocycles. The predicted molar refractivity (Wildman–Crippen MR) is 63.4 cm³/mol. The van der Waals surface area contributed by atoms with E-state index in [2.05, 4.69) is 5.32 Å². The van der Waals surface area contributed by atoms with Gasteiger partial charge in [0.1, 0.15) is 11.7 Å². The molecule has 0 aliphatic rings. The third kappa shape index (κ3) is 3.35. The Balaban J connectivity index is 2.79. The number of rotatable bonds is 4. The molecule has 0 fully saturated rings. The molecule has 6 heteroatoms. The van der Waals surface area contributed by atoms with Crippen LogP contribution in [-0.4, -0.2) is 24.1 Å². The van der Waals surface area contributed by atoms with Gasteiger partial charge < -0.3 is 15.2 Å². The van der Waals surface area contributed by atoms with Crippen LogP contribution in [0.1, 0.15) is 6.92 Å². The number of halogens is 1. The molecule has 1 aromatic carbocycles. The molecule has 1 amide bonds. The van der Waals surface area contributed by atoms with Gasteiger partial charge in [-0.1, -0.05) is 11.6 Å². The van der Waals surface area contributed by atoms with E-state index in [1.807, 2.05) is 0 Å². The fraction of sp³-hybridized carbons (Fsp3) is 0.273. The Labute approximate surface area is 103 Å². The van der Waals surface area contributed by atoms with Crippen molar-refractivity contribution < 1.29 is 19.4 Å². The lowest BCUT2D eigenvalue weighted by molar-refractivity contribution is -0.144. The largest absolute Gasteiger partial charge is 0.495 e. The van der Waals surface area contributed by atoms with Crippen molar-refractivity contribution in [3.05, 3.63) is 23.2 Å². The Morgan fingerprint density at radius 2 is 2.12 bits per heavy atom. The molecule has 0 saturated heterocycles. The maximum absolute atomic E-state index is 11.5. The van der Waals surface area contributed by atoms with E-state index in [0.717, 1.165) is 0 Å². The number of benzene rings is 1. The summed E-state index contributed by atoms with van der Waals surface area (Å²) in [6, 6.07) is 4.66. The lowest BCUT2D eigenvalue weighted by Crippen LogP contribution is -2.26. The van der Waals surface area contributed by atoms with E-state index in [1.54, 1.807) is 12.1 Å². The van der Waals surface area contributed by atoms with E-state index >= 15 is 0 Å². The third-order valence-electron chi connectivity index (χ3n) is 2.18. The highest BCUT2D eigenvalue weighted by Crippen LogP contribution is 2.27. The van der Waals surface area contributed by atoms with Crippen LogP contribution in [0.4, 0.5) is 5.69 Å². The first-order valence-electron chi connectivity index (χ1n) is 4.83. The zero-order chi connectivity index (χ0) is 13.0. The van der Waals surface area contributed by atoms with Gasteiger partial charge in [0.25, 0.3) is 0 Å². The van der Waals surface area contributed by atoms with E-state index in [9.17, 15) is 9.59 Å². The average Bonchev–Trinajstić information content (AvgIpc) is 2.28. The van der Waals surface area contributed by atoms with Gasteiger partial charge in [0.05, 0.1) is 12.1 Å². The molecule has 1 atom stereocenters. The van der Waals surface area contributed by atoms with E-state index in [0.29, 0.717) is 16.5 Å². The SMILES string of the molecule is COc1ccc(NC(=O)C(C)C(=O)O)cc1Cl. The fourth-order valence-electron chi connectivity index (χ4n) is 1.11. The quantitative estimate of drug-likeness (QED) is 0.809. The number of aliphatic carboxylic acids is 1. The van der Waals surface area contributed by atoms with Crippen molar-refractivity contribution in [3.63, 3.8) is 0 Å². The standard InChI is InChI=1S/C11H12ClNO4/c1-6(11(15)16)10(14)13-7-3-4-9(17-2)8(12)5-7/h3-6H,1-2H3,(H,13,14)(H,15,16). The van der Waals surface area contributed by atoms with Crippen molar-refractivity contribution in [2.75, 3.05) is 12.4 Å². The molecular formula is C11H12ClNO4. The second kappa shape index (κ2) is 5.54. The zero-order valence-corrected chi connectivity index (χ0v) is 10.1. The van der Waals surface area contributed by atoms with Crippen molar-refractivity contribution in [1.29, 1.82) is 0 Å². The van der Waals surface area contributed by atoms with Gasteiger partial charge in [-0.05, 0) is 25.1 Å². The predicted octanol–water partition coefficient (Wildman–Crippen LogP) is 2.01. The molecule has 17 heavy (non-hydrogen) atoms. The van der Waals surface area contributed by atoms with Gasteiger partial charge in [-0.2, -0.15) is 0 Å². The average molecular weight is 258 g/mol. The Bertz CT molecular complexity index is 447. The third-order valence-corrected chi connectivity index (χ3v) is 2.48.